The standard InChI is InChI=1S/C25H22O9/c1-4-29-24(26)20-18(13-6-8-15-17(10-13)33-11-31-15)19-14(7-9-16-23(19)34-12-32-16)22(28-3)21(20)25(27)30-5-2/h6-10H,4-5,11-12H2,1-3H3. The zero-order chi connectivity index (χ0) is 23.8. The van der Waals surface area contributed by atoms with Crippen molar-refractivity contribution in [3.05, 3.63) is 41.5 Å². The van der Waals surface area contributed by atoms with Gasteiger partial charge in [0.1, 0.15) is 11.3 Å². The van der Waals surface area contributed by atoms with E-state index in [0.29, 0.717) is 44.9 Å². The van der Waals surface area contributed by atoms with E-state index in [4.69, 9.17) is 33.2 Å². The summed E-state index contributed by atoms with van der Waals surface area (Å²) >= 11 is 0. The zero-order valence-corrected chi connectivity index (χ0v) is 18.9. The van der Waals surface area contributed by atoms with Crippen LogP contribution in [0, 0.1) is 0 Å². The largest absolute Gasteiger partial charge is 0.495 e. The van der Waals surface area contributed by atoms with Gasteiger partial charge in [-0.15, -0.1) is 0 Å². The quantitative estimate of drug-likeness (QED) is 0.492. The normalized spacial score (nSPS) is 13.1. The predicted octanol–water partition coefficient (Wildman–Crippen LogP) is 4.33. The van der Waals surface area contributed by atoms with Crippen LogP contribution in [0.1, 0.15) is 34.6 Å². The van der Waals surface area contributed by atoms with Crippen LogP contribution in [-0.4, -0.2) is 45.8 Å². The smallest absolute Gasteiger partial charge is 0.342 e. The van der Waals surface area contributed by atoms with Crippen molar-refractivity contribution >= 4 is 22.7 Å². The van der Waals surface area contributed by atoms with Crippen LogP contribution >= 0.6 is 0 Å². The summed E-state index contributed by atoms with van der Waals surface area (Å²) in [5, 5.41) is 1.09. The van der Waals surface area contributed by atoms with Crippen LogP contribution in [0.5, 0.6) is 28.7 Å². The predicted molar refractivity (Wildman–Crippen MR) is 120 cm³/mol. The second-order valence-electron chi connectivity index (χ2n) is 7.39. The highest BCUT2D eigenvalue weighted by atomic mass is 16.7. The second-order valence-corrected chi connectivity index (χ2v) is 7.39. The Morgan fingerprint density at radius 1 is 0.824 bits per heavy atom. The first-order valence-corrected chi connectivity index (χ1v) is 10.8. The van der Waals surface area contributed by atoms with Crippen LogP contribution in [0.2, 0.25) is 0 Å². The first kappa shape index (κ1) is 21.7. The number of carbonyl (C=O) groups excluding carboxylic acids is 2. The molecule has 0 atom stereocenters. The van der Waals surface area contributed by atoms with Gasteiger partial charge in [0.2, 0.25) is 13.6 Å². The van der Waals surface area contributed by atoms with Gasteiger partial charge in [-0.3, -0.25) is 0 Å². The number of benzene rings is 3. The molecule has 5 rings (SSSR count). The Kier molecular flexibility index (Phi) is 5.53. The fourth-order valence-corrected chi connectivity index (χ4v) is 4.27. The first-order valence-electron chi connectivity index (χ1n) is 10.8. The molecular formula is C25H22O9. The minimum Gasteiger partial charge on any atom is -0.495 e. The maximum atomic E-state index is 13.4. The average molecular weight is 466 g/mol. The molecule has 0 amide bonds. The van der Waals surface area contributed by atoms with Crippen molar-refractivity contribution in [3.63, 3.8) is 0 Å². The molecule has 0 radical (unpaired) electrons. The minimum absolute atomic E-state index is 0.00687. The van der Waals surface area contributed by atoms with Gasteiger partial charge in [-0.25, -0.2) is 9.59 Å². The fourth-order valence-electron chi connectivity index (χ4n) is 4.27. The van der Waals surface area contributed by atoms with Crippen LogP contribution in [0.25, 0.3) is 21.9 Å². The van der Waals surface area contributed by atoms with Gasteiger partial charge >= 0.3 is 11.9 Å². The van der Waals surface area contributed by atoms with E-state index in [2.05, 4.69) is 0 Å². The van der Waals surface area contributed by atoms with Crippen LogP contribution in [0.4, 0.5) is 0 Å². The number of hydrogen-bond donors (Lipinski definition) is 0. The van der Waals surface area contributed by atoms with Gasteiger partial charge in [0.25, 0.3) is 0 Å². The van der Waals surface area contributed by atoms with Crippen LogP contribution in [0.15, 0.2) is 30.3 Å². The molecule has 0 aliphatic carbocycles. The van der Waals surface area contributed by atoms with Crippen LogP contribution in [-0.2, 0) is 9.47 Å². The zero-order valence-electron chi connectivity index (χ0n) is 18.9. The summed E-state index contributed by atoms with van der Waals surface area (Å²) in [5.74, 6) is 0.811. The Labute approximate surface area is 195 Å². The van der Waals surface area contributed by atoms with E-state index in [0.717, 1.165) is 0 Å². The van der Waals surface area contributed by atoms with Crippen molar-refractivity contribution in [2.45, 2.75) is 13.8 Å². The molecule has 3 aromatic carbocycles. The maximum Gasteiger partial charge on any atom is 0.342 e. The average Bonchev–Trinajstić information content (AvgIpc) is 3.51. The monoisotopic (exact) mass is 466 g/mol. The summed E-state index contributed by atoms with van der Waals surface area (Å²) in [4.78, 5) is 26.6. The molecule has 2 heterocycles. The number of methoxy groups -OCH3 is 1. The van der Waals surface area contributed by atoms with Crippen molar-refractivity contribution in [1.29, 1.82) is 0 Å². The van der Waals surface area contributed by atoms with Gasteiger partial charge < -0.3 is 33.2 Å². The molecule has 9 heteroatoms. The lowest BCUT2D eigenvalue weighted by Gasteiger charge is -2.21. The molecule has 0 fully saturated rings. The van der Waals surface area contributed by atoms with Crippen LogP contribution < -0.4 is 23.7 Å². The van der Waals surface area contributed by atoms with Crippen molar-refractivity contribution < 1.29 is 42.7 Å². The minimum atomic E-state index is -0.705. The molecule has 2 aliphatic rings. The Balaban J connectivity index is 1.96. The molecule has 0 spiro atoms. The molecule has 3 aromatic rings. The second kappa shape index (κ2) is 8.66. The van der Waals surface area contributed by atoms with E-state index < -0.39 is 11.9 Å². The van der Waals surface area contributed by atoms with Gasteiger partial charge in [-0.1, -0.05) is 6.07 Å². The molecule has 9 nitrogen and oxygen atoms in total. The molecule has 34 heavy (non-hydrogen) atoms. The topological polar surface area (TPSA) is 98.8 Å². The Morgan fingerprint density at radius 2 is 1.47 bits per heavy atom. The molecule has 0 saturated heterocycles. The Morgan fingerprint density at radius 3 is 2.21 bits per heavy atom. The van der Waals surface area contributed by atoms with Gasteiger partial charge in [0, 0.05) is 16.3 Å². The number of rotatable bonds is 6. The number of fused-ring (bicyclic) bond motifs is 4. The highest BCUT2D eigenvalue weighted by Gasteiger charge is 2.34. The molecule has 2 aliphatic heterocycles. The van der Waals surface area contributed by atoms with Gasteiger partial charge in [0.05, 0.1) is 25.9 Å². The lowest BCUT2D eigenvalue weighted by atomic mass is 9.87. The molecule has 176 valence electrons. The molecule has 0 unspecified atom stereocenters. The van der Waals surface area contributed by atoms with Gasteiger partial charge in [-0.2, -0.15) is 0 Å². The van der Waals surface area contributed by atoms with Gasteiger partial charge in [0.15, 0.2) is 23.0 Å². The van der Waals surface area contributed by atoms with E-state index in [1.807, 2.05) is 0 Å². The van der Waals surface area contributed by atoms with E-state index in [1.165, 1.54) is 7.11 Å². The van der Waals surface area contributed by atoms with Crippen LogP contribution in [0.3, 0.4) is 0 Å². The summed E-state index contributed by atoms with van der Waals surface area (Å²) < 4.78 is 38.8. The highest BCUT2D eigenvalue weighted by Crippen LogP contribution is 2.51. The lowest BCUT2D eigenvalue weighted by Crippen LogP contribution is -2.17. The SMILES string of the molecule is CCOC(=O)c1c(C(=O)OCC)c(-c2ccc3c(c2)OCO3)c2c3c(ccc2c1OC)OCO3. The maximum absolute atomic E-state index is 13.4. The van der Waals surface area contributed by atoms with Crippen molar-refractivity contribution in [3.8, 4) is 39.9 Å². The third-order valence-electron chi connectivity index (χ3n) is 5.59. The first-order chi connectivity index (χ1) is 16.6. The lowest BCUT2D eigenvalue weighted by molar-refractivity contribution is 0.0477. The fraction of sp³-hybridized carbons (Fsp3) is 0.280. The van der Waals surface area contributed by atoms with Crippen molar-refractivity contribution in [1.82, 2.24) is 0 Å². The third kappa shape index (κ3) is 3.32. The summed E-state index contributed by atoms with van der Waals surface area (Å²) in [6.07, 6.45) is 0. The summed E-state index contributed by atoms with van der Waals surface area (Å²) in [6.45, 7) is 3.71. The Bertz CT molecular complexity index is 1310. The number of esters is 2. The number of carbonyl (C=O) groups is 2. The molecular weight excluding hydrogens is 444 g/mol. The molecule has 0 saturated carbocycles. The number of ether oxygens (including phenoxy) is 7. The molecule has 0 N–H and O–H groups in total. The van der Waals surface area contributed by atoms with E-state index in [9.17, 15) is 9.59 Å². The summed E-state index contributed by atoms with van der Waals surface area (Å²) in [5.41, 5.74) is 0.988. The Hall–Kier alpha value is -4.14. The van der Waals surface area contributed by atoms with Crippen molar-refractivity contribution in [2.24, 2.45) is 0 Å². The summed E-state index contributed by atoms with van der Waals surface area (Å²) in [7, 11) is 1.43. The van der Waals surface area contributed by atoms with E-state index in [1.54, 1.807) is 44.2 Å². The highest BCUT2D eigenvalue weighted by molar-refractivity contribution is 6.20. The number of hydrogen-bond acceptors (Lipinski definition) is 9. The van der Waals surface area contributed by atoms with Crippen molar-refractivity contribution in [2.75, 3.05) is 33.9 Å². The van der Waals surface area contributed by atoms with E-state index in [-0.39, 0.29) is 43.7 Å². The molecule has 0 aromatic heterocycles. The molecule has 0 bridgehead atoms. The third-order valence-corrected chi connectivity index (χ3v) is 5.59. The van der Waals surface area contributed by atoms with Gasteiger partial charge in [-0.05, 0) is 43.7 Å². The van der Waals surface area contributed by atoms with E-state index >= 15 is 0 Å². The summed E-state index contributed by atoms with van der Waals surface area (Å²) in [6, 6.07) is 8.76.